The number of anilines is 1. The Balaban J connectivity index is 1.62. The Bertz CT molecular complexity index is 795. The smallest absolute Gasteiger partial charge is 0.195 e. The zero-order valence-electron chi connectivity index (χ0n) is 14.9. The number of benzene rings is 2. The molecule has 2 N–H and O–H groups in total. The molecule has 0 atom stereocenters. The van der Waals surface area contributed by atoms with Crippen LogP contribution in [0.4, 0.5) is 5.69 Å². The summed E-state index contributed by atoms with van der Waals surface area (Å²) in [5.74, 6) is -0.100. The maximum Gasteiger partial charge on any atom is 0.195 e. The van der Waals surface area contributed by atoms with Crippen LogP contribution in [0.5, 0.6) is 0 Å². The van der Waals surface area contributed by atoms with Crippen LogP contribution in [0.1, 0.15) is 15.9 Å². The highest BCUT2D eigenvalue weighted by atomic mass is 35.5. The lowest BCUT2D eigenvalue weighted by molar-refractivity contribution is 0.0389. The predicted molar refractivity (Wildman–Crippen MR) is 113 cm³/mol. The van der Waals surface area contributed by atoms with Crippen LogP contribution in [0, 0.1) is 0 Å². The molecule has 2 aromatic carbocycles. The van der Waals surface area contributed by atoms with Crippen molar-refractivity contribution in [3.05, 3.63) is 64.7 Å². The molecule has 3 rings (SSSR count). The Morgan fingerprint density at radius 3 is 2.63 bits per heavy atom. The van der Waals surface area contributed by atoms with Gasteiger partial charge in [0.1, 0.15) is 0 Å². The first-order valence-corrected chi connectivity index (χ1v) is 9.66. The minimum atomic E-state index is -0.100. The summed E-state index contributed by atoms with van der Waals surface area (Å²) >= 11 is 11.5. The molecular formula is C20H22ClN3O2S. The highest BCUT2D eigenvalue weighted by molar-refractivity contribution is 7.80. The van der Waals surface area contributed by atoms with Gasteiger partial charge in [-0.2, -0.15) is 0 Å². The summed E-state index contributed by atoms with van der Waals surface area (Å²) in [5.41, 5.74) is 1.73. The number of carbonyl (C=O) groups is 1. The maximum atomic E-state index is 12.8. The summed E-state index contributed by atoms with van der Waals surface area (Å²) in [4.78, 5) is 15.2. The van der Waals surface area contributed by atoms with Crippen LogP contribution < -0.4 is 10.6 Å². The zero-order chi connectivity index (χ0) is 19.1. The number of nitrogens with zero attached hydrogens (tertiary/aromatic N) is 1. The molecule has 7 heteroatoms. The van der Waals surface area contributed by atoms with Crippen LogP contribution in [0.2, 0.25) is 5.02 Å². The fourth-order valence-corrected chi connectivity index (χ4v) is 3.26. The monoisotopic (exact) mass is 403 g/mol. The van der Waals surface area contributed by atoms with Gasteiger partial charge in [-0.05, 0) is 30.4 Å². The number of hydrogen-bond donors (Lipinski definition) is 2. The molecule has 1 saturated heterocycles. The van der Waals surface area contributed by atoms with Gasteiger partial charge in [0, 0.05) is 42.3 Å². The van der Waals surface area contributed by atoms with E-state index in [1.54, 1.807) is 30.3 Å². The molecule has 0 amide bonds. The number of ether oxygens (including phenoxy) is 1. The van der Waals surface area contributed by atoms with Crippen molar-refractivity contribution < 1.29 is 9.53 Å². The molecular weight excluding hydrogens is 382 g/mol. The summed E-state index contributed by atoms with van der Waals surface area (Å²) in [5, 5.41) is 7.30. The lowest BCUT2D eigenvalue weighted by Gasteiger charge is -2.26. The van der Waals surface area contributed by atoms with Crippen LogP contribution in [0.25, 0.3) is 0 Å². The molecule has 1 aliphatic rings. The van der Waals surface area contributed by atoms with Crippen LogP contribution >= 0.6 is 23.8 Å². The van der Waals surface area contributed by atoms with Crippen LogP contribution in [-0.4, -0.2) is 55.2 Å². The van der Waals surface area contributed by atoms with Gasteiger partial charge in [0.25, 0.3) is 0 Å². The highest BCUT2D eigenvalue weighted by Gasteiger charge is 2.15. The fraction of sp³-hybridized carbons (Fsp3) is 0.300. The Kier molecular flexibility index (Phi) is 7.18. The van der Waals surface area contributed by atoms with E-state index >= 15 is 0 Å². The quantitative estimate of drug-likeness (QED) is 0.570. The third-order valence-electron chi connectivity index (χ3n) is 4.33. The third-order valence-corrected chi connectivity index (χ3v) is 4.81. The summed E-state index contributed by atoms with van der Waals surface area (Å²) in [6.07, 6.45) is 0. The Labute approximate surface area is 169 Å². The van der Waals surface area contributed by atoms with Crippen molar-refractivity contribution in [2.75, 3.05) is 44.7 Å². The Morgan fingerprint density at radius 1 is 1.15 bits per heavy atom. The number of ketones is 1. The van der Waals surface area contributed by atoms with E-state index in [2.05, 4.69) is 15.5 Å². The van der Waals surface area contributed by atoms with Crippen molar-refractivity contribution >= 4 is 40.4 Å². The number of halogens is 1. The lowest BCUT2D eigenvalue weighted by atomic mass is 10.0. The second-order valence-corrected chi connectivity index (χ2v) is 7.06. The summed E-state index contributed by atoms with van der Waals surface area (Å²) in [6, 6.07) is 14.3. The van der Waals surface area contributed by atoms with E-state index in [0.29, 0.717) is 26.9 Å². The molecule has 0 bridgehead atoms. The van der Waals surface area contributed by atoms with E-state index in [1.165, 1.54) is 0 Å². The molecule has 0 aromatic heterocycles. The maximum absolute atomic E-state index is 12.8. The fourth-order valence-electron chi connectivity index (χ4n) is 2.88. The first-order valence-electron chi connectivity index (χ1n) is 8.88. The van der Waals surface area contributed by atoms with Gasteiger partial charge in [0.15, 0.2) is 10.9 Å². The molecule has 0 aliphatic carbocycles. The van der Waals surface area contributed by atoms with Gasteiger partial charge < -0.3 is 15.4 Å². The molecule has 1 aliphatic heterocycles. The van der Waals surface area contributed by atoms with E-state index in [9.17, 15) is 4.79 Å². The van der Waals surface area contributed by atoms with Gasteiger partial charge in [0.05, 0.1) is 18.9 Å². The van der Waals surface area contributed by atoms with Crippen molar-refractivity contribution in [1.82, 2.24) is 10.2 Å². The van der Waals surface area contributed by atoms with E-state index in [1.807, 2.05) is 18.2 Å². The molecule has 5 nitrogen and oxygen atoms in total. The molecule has 2 aromatic rings. The van der Waals surface area contributed by atoms with E-state index in [0.717, 1.165) is 39.4 Å². The van der Waals surface area contributed by atoms with Crippen molar-refractivity contribution in [1.29, 1.82) is 0 Å². The molecule has 0 saturated carbocycles. The van der Waals surface area contributed by atoms with Gasteiger partial charge in [0.2, 0.25) is 0 Å². The molecule has 1 heterocycles. The van der Waals surface area contributed by atoms with E-state index < -0.39 is 0 Å². The Morgan fingerprint density at radius 2 is 1.89 bits per heavy atom. The first-order chi connectivity index (χ1) is 13.1. The van der Waals surface area contributed by atoms with Crippen molar-refractivity contribution in [3.8, 4) is 0 Å². The number of thiocarbonyl (C=S) groups is 1. The normalized spacial score (nSPS) is 14.6. The van der Waals surface area contributed by atoms with Crippen LogP contribution in [0.3, 0.4) is 0 Å². The third kappa shape index (κ3) is 5.74. The first kappa shape index (κ1) is 19.8. The number of carbonyl (C=O) groups excluding carboxylic acids is 1. The van der Waals surface area contributed by atoms with Gasteiger partial charge in [-0.25, -0.2) is 0 Å². The minimum Gasteiger partial charge on any atom is -0.379 e. The van der Waals surface area contributed by atoms with Gasteiger partial charge in [-0.15, -0.1) is 0 Å². The van der Waals surface area contributed by atoms with Crippen molar-refractivity contribution in [2.24, 2.45) is 0 Å². The number of nitrogens with one attached hydrogen (secondary N) is 2. The van der Waals surface area contributed by atoms with Crippen LogP contribution in [-0.2, 0) is 4.74 Å². The highest BCUT2D eigenvalue weighted by Crippen LogP contribution is 2.23. The number of rotatable bonds is 6. The zero-order valence-corrected chi connectivity index (χ0v) is 16.5. The molecule has 27 heavy (non-hydrogen) atoms. The predicted octanol–water partition coefficient (Wildman–Crippen LogP) is 3.19. The van der Waals surface area contributed by atoms with Crippen LogP contribution in [0.15, 0.2) is 48.5 Å². The second-order valence-electron chi connectivity index (χ2n) is 6.22. The lowest BCUT2D eigenvalue weighted by Crippen LogP contribution is -2.42. The summed E-state index contributed by atoms with van der Waals surface area (Å²) in [6.45, 7) is 5.05. The second kappa shape index (κ2) is 9.80. The summed E-state index contributed by atoms with van der Waals surface area (Å²) in [7, 11) is 0. The average Bonchev–Trinajstić information content (AvgIpc) is 2.70. The topological polar surface area (TPSA) is 53.6 Å². The molecule has 142 valence electrons. The van der Waals surface area contributed by atoms with Gasteiger partial charge >= 0.3 is 0 Å². The molecule has 0 unspecified atom stereocenters. The van der Waals surface area contributed by atoms with E-state index in [4.69, 9.17) is 28.6 Å². The molecule has 1 fully saturated rings. The largest absolute Gasteiger partial charge is 0.379 e. The summed E-state index contributed by atoms with van der Waals surface area (Å²) < 4.78 is 5.34. The number of hydrogen-bond acceptors (Lipinski definition) is 4. The molecule has 0 spiro atoms. The van der Waals surface area contributed by atoms with Gasteiger partial charge in [-0.3, -0.25) is 9.69 Å². The Hall–Kier alpha value is -1.99. The standard InChI is InChI=1S/C20H22ClN3O2S/c21-16-6-7-18(17(14-16)19(25)15-4-2-1-3-5-15)23-20(27)22-8-9-24-10-12-26-13-11-24/h1-7,14H,8-13H2,(H2,22,23,27). The number of morpholine rings is 1. The van der Waals surface area contributed by atoms with Crippen molar-refractivity contribution in [3.63, 3.8) is 0 Å². The van der Waals surface area contributed by atoms with E-state index in [-0.39, 0.29) is 5.78 Å². The average molecular weight is 404 g/mol. The van der Waals surface area contributed by atoms with Gasteiger partial charge in [-0.1, -0.05) is 41.9 Å². The molecule has 0 radical (unpaired) electrons. The minimum absolute atomic E-state index is 0.100. The SMILES string of the molecule is O=C(c1ccccc1)c1cc(Cl)ccc1NC(=S)NCCN1CCOCC1. The van der Waals surface area contributed by atoms with Crippen molar-refractivity contribution in [2.45, 2.75) is 0 Å².